The largest absolute Gasteiger partial charge is 0.326 e. The van der Waals surface area contributed by atoms with Gasteiger partial charge in [0.2, 0.25) is 17.7 Å². The van der Waals surface area contributed by atoms with E-state index >= 15 is 0 Å². The summed E-state index contributed by atoms with van der Waals surface area (Å²) in [6.07, 6.45) is 0.796. The summed E-state index contributed by atoms with van der Waals surface area (Å²) in [5, 5.41) is 5.46. The van der Waals surface area contributed by atoms with Gasteiger partial charge in [-0.1, -0.05) is 18.2 Å². The van der Waals surface area contributed by atoms with Crippen LogP contribution >= 0.6 is 0 Å². The van der Waals surface area contributed by atoms with E-state index in [0.29, 0.717) is 17.9 Å². The highest BCUT2D eigenvalue weighted by atomic mass is 16.2. The molecular formula is C21H23N3O3. The Labute approximate surface area is 158 Å². The molecular weight excluding hydrogens is 342 g/mol. The van der Waals surface area contributed by atoms with Gasteiger partial charge in [0, 0.05) is 30.5 Å². The Morgan fingerprint density at radius 1 is 0.926 bits per heavy atom. The second kappa shape index (κ2) is 7.23. The number of carbonyl (C=O) groups is 3. The molecule has 2 aromatic rings. The zero-order valence-corrected chi connectivity index (χ0v) is 15.7. The molecule has 1 aliphatic heterocycles. The lowest BCUT2D eigenvalue weighted by molar-refractivity contribution is -0.136. The topological polar surface area (TPSA) is 78.5 Å². The normalized spacial score (nSPS) is 13.1. The van der Waals surface area contributed by atoms with E-state index in [4.69, 9.17) is 0 Å². The van der Waals surface area contributed by atoms with Crippen LogP contribution in [0.4, 0.5) is 17.1 Å². The zero-order chi connectivity index (χ0) is 19.6. The lowest BCUT2D eigenvalue weighted by atomic mass is 9.90. The average molecular weight is 365 g/mol. The molecule has 0 spiro atoms. The van der Waals surface area contributed by atoms with Crippen molar-refractivity contribution in [1.29, 1.82) is 0 Å². The van der Waals surface area contributed by atoms with E-state index in [1.807, 2.05) is 24.3 Å². The maximum Gasteiger partial charge on any atom is 0.242 e. The van der Waals surface area contributed by atoms with Gasteiger partial charge in [0.1, 0.15) is 5.41 Å². The third-order valence-electron chi connectivity index (χ3n) is 4.70. The summed E-state index contributed by atoms with van der Waals surface area (Å²) in [6.45, 7) is 5.29. The van der Waals surface area contributed by atoms with Gasteiger partial charge < -0.3 is 15.5 Å². The van der Waals surface area contributed by atoms with E-state index in [0.717, 1.165) is 17.7 Å². The van der Waals surface area contributed by atoms with Crippen molar-refractivity contribution in [3.05, 3.63) is 54.1 Å². The fourth-order valence-corrected chi connectivity index (χ4v) is 3.11. The predicted molar refractivity (Wildman–Crippen MR) is 106 cm³/mol. The number of anilines is 3. The molecule has 1 heterocycles. The molecule has 0 fully saturated rings. The lowest BCUT2D eigenvalue weighted by Gasteiger charge is -2.28. The van der Waals surface area contributed by atoms with Crippen LogP contribution in [0.2, 0.25) is 0 Å². The molecule has 2 N–H and O–H groups in total. The van der Waals surface area contributed by atoms with Crippen molar-refractivity contribution in [1.82, 2.24) is 0 Å². The summed E-state index contributed by atoms with van der Waals surface area (Å²) >= 11 is 0. The molecule has 0 saturated heterocycles. The SMILES string of the molecule is CC(=O)Nc1ccc(NC(=O)C(C)(C)C(=O)N2CCc3ccccc32)cc1. The first-order valence-electron chi connectivity index (χ1n) is 8.88. The van der Waals surface area contributed by atoms with Gasteiger partial charge in [0.05, 0.1) is 0 Å². The number of nitrogens with one attached hydrogen (secondary N) is 2. The smallest absolute Gasteiger partial charge is 0.242 e. The lowest BCUT2D eigenvalue weighted by Crippen LogP contribution is -2.47. The third-order valence-corrected chi connectivity index (χ3v) is 4.70. The first-order chi connectivity index (χ1) is 12.8. The van der Waals surface area contributed by atoms with Gasteiger partial charge in [-0.05, 0) is 56.2 Å². The number of amides is 3. The van der Waals surface area contributed by atoms with E-state index in [9.17, 15) is 14.4 Å². The first-order valence-corrected chi connectivity index (χ1v) is 8.88. The molecule has 27 heavy (non-hydrogen) atoms. The van der Waals surface area contributed by atoms with Gasteiger partial charge in [-0.3, -0.25) is 14.4 Å². The van der Waals surface area contributed by atoms with Crippen LogP contribution in [0.25, 0.3) is 0 Å². The van der Waals surface area contributed by atoms with Crippen LogP contribution < -0.4 is 15.5 Å². The van der Waals surface area contributed by atoms with Gasteiger partial charge in [-0.2, -0.15) is 0 Å². The van der Waals surface area contributed by atoms with Gasteiger partial charge in [0.15, 0.2) is 0 Å². The minimum absolute atomic E-state index is 0.163. The fraction of sp³-hybridized carbons (Fsp3) is 0.286. The summed E-state index contributed by atoms with van der Waals surface area (Å²) in [5.74, 6) is -0.756. The molecule has 2 aromatic carbocycles. The van der Waals surface area contributed by atoms with Crippen LogP contribution in [-0.4, -0.2) is 24.3 Å². The molecule has 6 heteroatoms. The summed E-state index contributed by atoms with van der Waals surface area (Å²) in [4.78, 5) is 38.6. The van der Waals surface area contributed by atoms with Crippen LogP contribution in [-0.2, 0) is 20.8 Å². The van der Waals surface area contributed by atoms with Crippen molar-refractivity contribution < 1.29 is 14.4 Å². The quantitative estimate of drug-likeness (QED) is 0.817. The number of benzene rings is 2. The maximum atomic E-state index is 13.1. The average Bonchev–Trinajstić information content (AvgIpc) is 3.06. The number of carbonyl (C=O) groups excluding carboxylic acids is 3. The zero-order valence-electron chi connectivity index (χ0n) is 15.7. The highest BCUT2D eigenvalue weighted by Gasteiger charge is 2.41. The Morgan fingerprint density at radius 2 is 1.52 bits per heavy atom. The van der Waals surface area contributed by atoms with Gasteiger partial charge in [-0.25, -0.2) is 0 Å². The number of hydrogen-bond donors (Lipinski definition) is 2. The van der Waals surface area contributed by atoms with Crippen molar-refractivity contribution in [3.8, 4) is 0 Å². The number of rotatable bonds is 4. The molecule has 0 radical (unpaired) electrons. The van der Waals surface area contributed by atoms with Crippen LogP contribution in [0.3, 0.4) is 0 Å². The van der Waals surface area contributed by atoms with E-state index in [1.54, 1.807) is 43.0 Å². The second-order valence-electron chi connectivity index (χ2n) is 7.17. The van der Waals surface area contributed by atoms with Gasteiger partial charge in [-0.15, -0.1) is 0 Å². The Balaban J connectivity index is 1.72. The molecule has 3 amide bonds. The van der Waals surface area contributed by atoms with Gasteiger partial charge in [0.25, 0.3) is 0 Å². The Bertz CT molecular complexity index is 888. The molecule has 3 rings (SSSR count). The summed E-state index contributed by atoms with van der Waals surface area (Å²) < 4.78 is 0. The van der Waals surface area contributed by atoms with Crippen molar-refractivity contribution in [2.75, 3.05) is 22.1 Å². The fourth-order valence-electron chi connectivity index (χ4n) is 3.11. The monoisotopic (exact) mass is 365 g/mol. The van der Waals surface area contributed by atoms with E-state index in [-0.39, 0.29) is 17.7 Å². The summed E-state index contributed by atoms with van der Waals surface area (Å²) in [6, 6.07) is 14.5. The molecule has 0 atom stereocenters. The van der Waals surface area contributed by atoms with Crippen molar-refractivity contribution in [2.45, 2.75) is 27.2 Å². The van der Waals surface area contributed by atoms with Crippen LogP contribution in [0, 0.1) is 5.41 Å². The molecule has 0 bridgehead atoms. The van der Waals surface area contributed by atoms with Crippen LogP contribution in [0.1, 0.15) is 26.3 Å². The number of fused-ring (bicyclic) bond motifs is 1. The second-order valence-corrected chi connectivity index (χ2v) is 7.17. The van der Waals surface area contributed by atoms with E-state index in [1.165, 1.54) is 6.92 Å². The molecule has 0 unspecified atom stereocenters. The molecule has 6 nitrogen and oxygen atoms in total. The van der Waals surface area contributed by atoms with Gasteiger partial charge >= 0.3 is 0 Å². The molecule has 0 aromatic heterocycles. The third kappa shape index (κ3) is 3.84. The summed E-state index contributed by atoms with van der Waals surface area (Å²) in [7, 11) is 0. The molecule has 140 valence electrons. The van der Waals surface area contributed by atoms with Crippen LogP contribution in [0.15, 0.2) is 48.5 Å². The van der Waals surface area contributed by atoms with Crippen LogP contribution in [0.5, 0.6) is 0 Å². The standard InChI is InChI=1S/C21H23N3O3/c1-14(25)22-16-8-10-17(11-9-16)23-19(26)21(2,3)20(27)24-13-12-15-6-4-5-7-18(15)24/h4-11H,12-13H2,1-3H3,(H,22,25)(H,23,26). The van der Waals surface area contributed by atoms with Crippen molar-refractivity contribution >= 4 is 34.8 Å². The minimum Gasteiger partial charge on any atom is -0.326 e. The highest BCUT2D eigenvalue weighted by molar-refractivity contribution is 6.15. The number of hydrogen-bond acceptors (Lipinski definition) is 3. The van der Waals surface area contributed by atoms with Crippen molar-refractivity contribution in [3.63, 3.8) is 0 Å². The number of nitrogens with zero attached hydrogens (tertiary/aromatic N) is 1. The molecule has 0 saturated carbocycles. The van der Waals surface area contributed by atoms with E-state index < -0.39 is 5.41 Å². The Hall–Kier alpha value is -3.15. The predicted octanol–water partition coefficient (Wildman–Crippen LogP) is 3.20. The highest BCUT2D eigenvalue weighted by Crippen LogP contribution is 2.32. The molecule has 0 aliphatic carbocycles. The molecule has 1 aliphatic rings. The summed E-state index contributed by atoms with van der Waals surface area (Å²) in [5.41, 5.74) is 1.99. The minimum atomic E-state index is -1.21. The maximum absolute atomic E-state index is 13.1. The first kappa shape index (κ1) is 18.6. The van der Waals surface area contributed by atoms with E-state index in [2.05, 4.69) is 10.6 Å². The Morgan fingerprint density at radius 3 is 2.15 bits per heavy atom. The Kier molecular flexibility index (Phi) is 4.99. The number of para-hydroxylation sites is 1. The van der Waals surface area contributed by atoms with Crippen molar-refractivity contribution in [2.24, 2.45) is 5.41 Å².